The second kappa shape index (κ2) is 9.69. The Hall–Kier alpha value is 2.69. The van der Waals surface area contributed by atoms with Crippen molar-refractivity contribution in [2.75, 3.05) is 0 Å². The summed E-state index contributed by atoms with van der Waals surface area (Å²) >= 11 is 0. The van der Waals surface area contributed by atoms with Crippen LogP contribution in [0.5, 0.6) is 0 Å². The summed E-state index contributed by atoms with van der Waals surface area (Å²) in [6.45, 7) is 0. The van der Waals surface area contributed by atoms with Gasteiger partial charge in [-0.3, -0.25) is 0 Å². The first-order valence-electron chi connectivity index (χ1n) is 0.730. The zero-order chi connectivity index (χ0) is 4.50. The van der Waals surface area contributed by atoms with Crippen LogP contribution in [0.4, 0.5) is 0 Å². The van der Waals surface area contributed by atoms with Gasteiger partial charge in [0.05, 0.1) is 0 Å². The van der Waals surface area contributed by atoms with E-state index in [0.29, 0.717) is 0 Å². The molecule has 0 aliphatic rings. The molecule has 0 radical (unpaired) electrons. The Bertz CT molecular complexity index is 60.2. The van der Waals surface area contributed by atoms with Crippen molar-refractivity contribution in [1.82, 2.24) is 0 Å². The molecule has 8 heavy (non-hydrogen) atoms. The van der Waals surface area contributed by atoms with E-state index in [1.165, 1.54) is 0 Å². The fraction of sp³-hybridized carbons (Fsp3) is 0. The maximum atomic E-state index is 8.55. The van der Waals surface area contributed by atoms with Crippen molar-refractivity contribution in [3.05, 3.63) is 0 Å². The van der Waals surface area contributed by atoms with Crippen LogP contribution in [0, 0.1) is 0 Å². The van der Waals surface area contributed by atoms with E-state index in [1.807, 2.05) is 0 Å². The predicted molar refractivity (Wildman–Crippen MR) is 7.61 cm³/mol. The maximum absolute atomic E-state index is 8.55. The third kappa shape index (κ3) is 70.9. The minimum Gasteiger partial charge on any atom is -0.822 e. The van der Waals surface area contributed by atoms with Crippen LogP contribution in [0.2, 0.25) is 0 Å². The summed E-state index contributed by atoms with van der Waals surface area (Å²) < 4.78 is 8.55. The van der Waals surface area contributed by atoms with E-state index in [1.54, 1.807) is 0 Å². The molecule has 4 nitrogen and oxygen atoms in total. The van der Waals surface area contributed by atoms with Gasteiger partial charge in [0.1, 0.15) is 0 Å². The van der Waals surface area contributed by atoms with Gasteiger partial charge in [0.15, 0.2) is 0 Å². The van der Waals surface area contributed by atoms with Crippen molar-refractivity contribution in [3.8, 4) is 0 Å². The molecular weight excluding hydrogens is 192 g/mol. The first kappa shape index (κ1) is 22.4. The van der Waals surface area contributed by atoms with E-state index in [0.717, 1.165) is 0 Å². The summed E-state index contributed by atoms with van der Waals surface area (Å²) in [7, 11) is -5.39. The van der Waals surface area contributed by atoms with E-state index in [4.69, 9.17) is 19.2 Å². The van der Waals surface area contributed by atoms with Gasteiger partial charge in [-0.2, -0.15) is 7.82 Å². The summed E-state index contributed by atoms with van der Waals surface area (Å²) in [6.07, 6.45) is 0. The summed E-state index contributed by atoms with van der Waals surface area (Å²) in [5.41, 5.74) is 0. The van der Waals surface area contributed by atoms with Gasteiger partial charge in [-0.25, -0.2) is 0 Å². The molecule has 0 saturated carbocycles. The van der Waals surface area contributed by atoms with E-state index in [2.05, 4.69) is 0 Å². The molecule has 0 rings (SSSR count). The van der Waals surface area contributed by atoms with E-state index in [9.17, 15) is 0 Å². The predicted octanol–water partition coefficient (Wildman–Crippen LogP) is -8.82. The van der Waals surface area contributed by atoms with Gasteiger partial charge in [-0.15, -0.1) is 0 Å². The molecule has 0 amide bonds. The zero-order valence-electron chi connectivity index (χ0n) is 4.53. The minimum absolute atomic E-state index is 0. The zero-order valence-corrected chi connectivity index (χ0v) is 10.8. The largest absolute Gasteiger partial charge is 5.00 e. The van der Waals surface area contributed by atoms with Gasteiger partial charge in [-0.05, 0) is 0 Å². The molecule has 0 spiro atoms. The standard InChI is InChI=1S/2Na.H3O4P.V/c;;1-5(2,3)4;/h;;(H3,1,2,3,4);/q2*+1;;+5/p-3. The van der Waals surface area contributed by atoms with E-state index in [-0.39, 0.29) is 77.7 Å². The monoisotopic (exact) mass is 192 g/mol. The third-order valence-electron chi connectivity index (χ3n) is 0. The van der Waals surface area contributed by atoms with Crippen molar-refractivity contribution in [3.63, 3.8) is 0 Å². The van der Waals surface area contributed by atoms with Gasteiger partial charge in [-0.1, -0.05) is 0 Å². The average Bonchev–Trinajstić information content (AvgIpc) is 0.722. The number of rotatable bonds is 0. The van der Waals surface area contributed by atoms with Crippen molar-refractivity contribution >= 4 is 7.82 Å². The quantitative estimate of drug-likeness (QED) is 0.281. The topological polar surface area (TPSA) is 86.2 Å². The molecule has 0 N–H and O–H groups in total. The average molecular weight is 192 g/mol. The molecule has 0 bridgehead atoms. The maximum Gasteiger partial charge on any atom is 5.00 e. The summed E-state index contributed by atoms with van der Waals surface area (Å²) in [5.74, 6) is 0. The first-order valence-corrected chi connectivity index (χ1v) is 2.19. The van der Waals surface area contributed by atoms with Gasteiger partial charge in [0.25, 0.3) is 0 Å². The molecule has 0 aromatic rings. The second-order valence-electron chi connectivity index (χ2n) is 0.447. The van der Waals surface area contributed by atoms with Gasteiger partial charge in [0, 0.05) is 0 Å². The molecule has 0 unspecified atom stereocenters. The molecule has 0 heterocycles. The molecule has 0 aliphatic heterocycles. The second-order valence-corrected chi connectivity index (χ2v) is 1.34. The van der Waals surface area contributed by atoms with Gasteiger partial charge < -0.3 is 19.2 Å². The Kier molecular flexibility index (Phi) is 27.2. The molecule has 0 aliphatic carbocycles. The van der Waals surface area contributed by atoms with Crippen LogP contribution in [0.25, 0.3) is 0 Å². The van der Waals surface area contributed by atoms with Crippen molar-refractivity contribution in [2.45, 2.75) is 0 Å². The molecule has 0 fully saturated rings. The fourth-order valence-electron chi connectivity index (χ4n) is 0. The van der Waals surface area contributed by atoms with Crippen LogP contribution in [0.15, 0.2) is 0 Å². The normalized spacial score (nSPS) is 7.38. The molecule has 0 saturated heterocycles. The molecule has 0 aromatic carbocycles. The molecule has 0 aromatic heterocycles. The van der Waals surface area contributed by atoms with Gasteiger partial charge in [0.2, 0.25) is 0 Å². The van der Waals surface area contributed by atoms with Crippen LogP contribution in [0.3, 0.4) is 0 Å². The molecule has 32 valence electrons. The van der Waals surface area contributed by atoms with Crippen LogP contribution >= 0.6 is 7.82 Å². The fourth-order valence-corrected chi connectivity index (χ4v) is 0. The van der Waals surface area contributed by atoms with Crippen LogP contribution < -0.4 is 73.8 Å². The number of hydrogen-bond donors (Lipinski definition) is 0. The summed E-state index contributed by atoms with van der Waals surface area (Å²) in [4.78, 5) is 25.6. The Morgan fingerprint density at radius 1 is 1.00 bits per heavy atom. The summed E-state index contributed by atoms with van der Waals surface area (Å²) in [5, 5.41) is 0. The summed E-state index contributed by atoms with van der Waals surface area (Å²) in [6, 6.07) is 0. The molecule has 8 heteroatoms. The Morgan fingerprint density at radius 2 is 1.00 bits per heavy atom. The SMILES string of the molecule is O=P([O-])([O-])[O-].[Na+].[Na+].[V+5]. The van der Waals surface area contributed by atoms with Gasteiger partial charge >= 0.3 is 77.7 Å². The minimum atomic E-state index is -5.39. The molecular formula is Na2O4PV+4. The van der Waals surface area contributed by atoms with Crippen molar-refractivity contribution in [1.29, 1.82) is 0 Å². The number of phosphoric acid groups is 1. The van der Waals surface area contributed by atoms with Crippen LogP contribution in [-0.2, 0) is 23.1 Å². The molecule has 0 atom stereocenters. The first-order chi connectivity index (χ1) is 2.00. The van der Waals surface area contributed by atoms with Crippen molar-refractivity contribution < 1.29 is 96.9 Å². The van der Waals surface area contributed by atoms with E-state index < -0.39 is 7.82 Å². The van der Waals surface area contributed by atoms with Crippen LogP contribution in [0.1, 0.15) is 0 Å². The Morgan fingerprint density at radius 3 is 1.00 bits per heavy atom. The Labute approximate surface area is 103 Å². The number of hydrogen-bond acceptors (Lipinski definition) is 4. The smallest absolute Gasteiger partial charge is 0.822 e. The van der Waals surface area contributed by atoms with E-state index >= 15 is 0 Å². The Balaban J connectivity index is -0.0000000267. The van der Waals surface area contributed by atoms with Crippen molar-refractivity contribution in [2.24, 2.45) is 0 Å². The third-order valence-corrected chi connectivity index (χ3v) is 0. The van der Waals surface area contributed by atoms with Crippen LogP contribution in [-0.4, -0.2) is 0 Å².